The van der Waals surface area contributed by atoms with E-state index >= 15 is 0 Å². The van der Waals surface area contributed by atoms with E-state index in [0.717, 1.165) is 30.8 Å². The zero-order valence-electron chi connectivity index (χ0n) is 14.6. The summed E-state index contributed by atoms with van der Waals surface area (Å²) in [5.41, 5.74) is -0.388. The molecule has 0 saturated heterocycles. The summed E-state index contributed by atoms with van der Waals surface area (Å²) >= 11 is 6.10. The third-order valence-corrected chi connectivity index (χ3v) is 5.26. The molecule has 0 aliphatic carbocycles. The second-order valence-corrected chi connectivity index (χ2v) is 7.08. The zero-order chi connectivity index (χ0) is 19.1. The maximum Gasteiger partial charge on any atom is 0.416 e. The third kappa shape index (κ3) is 3.81. The van der Waals surface area contributed by atoms with E-state index in [-0.39, 0.29) is 11.7 Å². The molecule has 0 bridgehead atoms. The number of rotatable bonds is 3. The van der Waals surface area contributed by atoms with E-state index in [1.807, 2.05) is 11.9 Å². The predicted octanol–water partition coefficient (Wildman–Crippen LogP) is 3.09. The van der Waals surface area contributed by atoms with Gasteiger partial charge in [-0.05, 0) is 43.7 Å². The molecule has 1 aromatic carbocycles. The first-order valence-corrected chi connectivity index (χ1v) is 8.73. The fourth-order valence-corrected chi connectivity index (χ4v) is 3.57. The van der Waals surface area contributed by atoms with Crippen LogP contribution in [0.5, 0.6) is 0 Å². The maximum absolute atomic E-state index is 12.9. The molecule has 5 nitrogen and oxygen atoms in total. The molecule has 0 radical (unpaired) electrons. The standard InChI is InChI=1S/C17H20ClF3N4O/c1-23(10-11-9-12(17(19,20)21)3-5-14(11)18)13-4-6-15-22-24(2)16(26)25(15)8-7-13/h3,5,9,13H,4,6-8,10H2,1-2H3/t13-/m0/s1. The Hall–Kier alpha value is -1.80. The zero-order valence-corrected chi connectivity index (χ0v) is 15.3. The van der Waals surface area contributed by atoms with Gasteiger partial charge in [0.2, 0.25) is 0 Å². The largest absolute Gasteiger partial charge is 0.416 e. The normalized spacial score (nSPS) is 18.0. The molecule has 1 aliphatic rings. The van der Waals surface area contributed by atoms with Crippen molar-refractivity contribution in [3.05, 3.63) is 50.7 Å². The van der Waals surface area contributed by atoms with Crippen molar-refractivity contribution in [1.82, 2.24) is 19.2 Å². The SMILES string of the molecule is CN(Cc1cc(C(F)(F)F)ccc1Cl)[C@H]1CCc2nn(C)c(=O)n2CC1. The van der Waals surface area contributed by atoms with E-state index in [1.54, 1.807) is 11.6 Å². The first-order valence-electron chi connectivity index (χ1n) is 8.35. The Kier molecular flexibility index (Phi) is 5.16. The van der Waals surface area contributed by atoms with Gasteiger partial charge in [0.25, 0.3) is 0 Å². The predicted molar refractivity (Wildman–Crippen MR) is 92.1 cm³/mol. The number of aromatic nitrogens is 3. The van der Waals surface area contributed by atoms with Gasteiger partial charge in [-0.3, -0.25) is 9.47 Å². The smallest absolute Gasteiger partial charge is 0.299 e. The van der Waals surface area contributed by atoms with E-state index < -0.39 is 11.7 Å². The molecule has 1 aliphatic heterocycles. The Bertz CT molecular complexity index is 859. The average molecular weight is 389 g/mol. The second kappa shape index (κ2) is 7.08. The maximum atomic E-state index is 12.9. The van der Waals surface area contributed by atoms with Crippen LogP contribution < -0.4 is 5.69 Å². The minimum Gasteiger partial charge on any atom is -0.299 e. The Labute approximate surface area is 154 Å². The number of benzene rings is 1. The van der Waals surface area contributed by atoms with Gasteiger partial charge in [-0.15, -0.1) is 0 Å². The van der Waals surface area contributed by atoms with Gasteiger partial charge in [-0.2, -0.15) is 18.3 Å². The molecule has 1 aromatic heterocycles. The molecule has 0 unspecified atom stereocenters. The lowest BCUT2D eigenvalue weighted by Crippen LogP contribution is -2.32. The quantitative estimate of drug-likeness (QED) is 0.811. The number of hydrogen-bond donors (Lipinski definition) is 0. The molecule has 142 valence electrons. The Balaban J connectivity index is 1.73. The van der Waals surface area contributed by atoms with Crippen molar-refractivity contribution in [2.75, 3.05) is 7.05 Å². The number of aryl methyl sites for hydroxylation is 2. The molecular weight excluding hydrogens is 369 g/mol. The van der Waals surface area contributed by atoms with Crippen LogP contribution in [0.4, 0.5) is 13.2 Å². The van der Waals surface area contributed by atoms with Crippen LogP contribution in [0.15, 0.2) is 23.0 Å². The third-order valence-electron chi connectivity index (χ3n) is 4.89. The lowest BCUT2D eigenvalue weighted by atomic mass is 10.1. The summed E-state index contributed by atoms with van der Waals surface area (Å²) < 4.78 is 41.8. The number of nitrogens with zero attached hydrogens (tertiary/aromatic N) is 4. The highest BCUT2D eigenvalue weighted by Crippen LogP contribution is 2.32. The summed E-state index contributed by atoms with van der Waals surface area (Å²) in [6.45, 7) is 0.862. The van der Waals surface area contributed by atoms with Gasteiger partial charge >= 0.3 is 11.9 Å². The summed E-state index contributed by atoms with van der Waals surface area (Å²) in [6.07, 6.45) is -2.23. The molecule has 0 N–H and O–H groups in total. The lowest BCUT2D eigenvalue weighted by molar-refractivity contribution is -0.137. The summed E-state index contributed by atoms with van der Waals surface area (Å²) in [5, 5.41) is 4.56. The summed E-state index contributed by atoms with van der Waals surface area (Å²) in [5.74, 6) is 0.755. The van der Waals surface area contributed by atoms with Crippen molar-refractivity contribution in [2.45, 2.75) is 44.6 Å². The Morgan fingerprint density at radius 3 is 2.77 bits per heavy atom. The van der Waals surface area contributed by atoms with Crippen molar-refractivity contribution < 1.29 is 13.2 Å². The number of halogens is 4. The van der Waals surface area contributed by atoms with Crippen molar-refractivity contribution >= 4 is 11.6 Å². The fourth-order valence-electron chi connectivity index (χ4n) is 3.39. The molecule has 26 heavy (non-hydrogen) atoms. The van der Waals surface area contributed by atoms with Crippen molar-refractivity contribution in [2.24, 2.45) is 7.05 Å². The first kappa shape index (κ1) is 19.0. The molecule has 0 fully saturated rings. The topological polar surface area (TPSA) is 43.1 Å². The van der Waals surface area contributed by atoms with Gasteiger partial charge in [0.05, 0.1) is 5.56 Å². The van der Waals surface area contributed by atoms with Crippen LogP contribution in [-0.4, -0.2) is 32.3 Å². The molecule has 0 saturated carbocycles. The van der Waals surface area contributed by atoms with Crippen LogP contribution in [0.1, 0.15) is 29.8 Å². The van der Waals surface area contributed by atoms with Crippen LogP contribution in [0, 0.1) is 0 Å². The Morgan fingerprint density at radius 1 is 1.35 bits per heavy atom. The second-order valence-electron chi connectivity index (χ2n) is 6.67. The highest BCUT2D eigenvalue weighted by molar-refractivity contribution is 6.31. The van der Waals surface area contributed by atoms with E-state index in [2.05, 4.69) is 5.10 Å². The highest BCUT2D eigenvalue weighted by atomic mass is 35.5. The molecule has 1 atom stereocenters. The van der Waals surface area contributed by atoms with E-state index in [1.165, 1.54) is 10.7 Å². The van der Waals surface area contributed by atoms with Crippen molar-refractivity contribution in [3.8, 4) is 0 Å². The lowest BCUT2D eigenvalue weighted by Gasteiger charge is -2.27. The molecule has 2 aromatic rings. The fraction of sp³-hybridized carbons (Fsp3) is 0.529. The minimum absolute atomic E-state index is 0.131. The summed E-state index contributed by atoms with van der Waals surface area (Å²) in [4.78, 5) is 14.0. The van der Waals surface area contributed by atoms with E-state index in [9.17, 15) is 18.0 Å². The van der Waals surface area contributed by atoms with Gasteiger partial charge in [0.15, 0.2) is 0 Å². The van der Waals surface area contributed by atoms with Crippen LogP contribution in [0.25, 0.3) is 0 Å². The molecule has 9 heteroatoms. The van der Waals surface area contributed by atoms with Gasteiger partial charge in [-0.1, -0.05) is 11.6 Å². The average Bonchev–Trinajstić information content (AvgIpc) is 2.73. The van der Waals surface area contributed by atoms with Gasteiger partial charge in [-0.25, -0.2) is 9.48 Å². The summed E-state index contributed by atoms with van der Waals surface area (Å²) in [6, 6.07) is 3.52. The first-order chi connectivity index (χ1) is 12.2. The van der Waals surface area contributed by atoms with Gasteiger partial charge in [0, 0.05) is 37.6 Å². The van der Waals surface area contributed by atoms with Crippen molar-refractivity contribution in [3.63, 3.8) is 0 Å². The van der Waals surface area contributed by atoms with Crippen LogP contribution in [0.2, 0.25) is 5.02 Å². The molecule has 0 amide bonds. The van der Waals surface area contributed by atoms with Crippen molar-refractivity contribution in [1.29, 1.82) is 0 Å². The monoisotopic (exact) mass is 388 g/mol. The van der Waals surface area contributed by atoms with Crippen LogP contribution in [0.3, 0.4) is 0 Å². The van der Waals surface area contributed by atoms with Gasteiger partial charge in [0.1, 0.15) is 5.82 Å². The molecule has 2 heterocycles. The molecular formula is C17H20ClF3N4O. The number of hydrogen-bond acceptors (Lipinski definition) is 3. The highest BCUT2D eigenvalue weighted by Gasteiger charge is 2.31. The minimum atomic E-state index is -4.39. The Morgan fingerprint density at radius 2 is 2.08 bits per heavy atom. The van der Waals surface area contributed by atoms with Gasteiger partial charge < -0.3 is 0 Å². The number of alkyl halides is 3. The molecule has 3 rings (SSSR count). The van der Waals surface area contributed by atoms with E-state index in [0.29, 0.717) is 30.1 Å². The summed E-state index contributed by atoms with van der Waals surface area (Å²) in [7, 11) is 3.50. The number of fused-ring (bicyclic) bond motifs is 1. The van der Waals surface area contributed by atoms with E-state index in [4.69, 9.17) is 11.6 Å². The van der Waals surface area contributed by atoms with Crippen LogP contribution in [-0.2, 0) is 32.7 Å². The van der Waals surface area contributed by atoms with Crippen LogP contribution >= 0.6 is 11.6 Å². The molecule has 0 spiro atoms.